The van der Waals surface area contributed by atoms with Crippen molar-refractivity contribution < 1.29 is 8.42 Å². The molecule has 0 bridgehead atoms. The van der Waals surface area contributed by atoms with Crippen molar-refractivity contribution in [2.24, 2.45) is 0 Å². The number of aryl methyl sites for hydroxylation is 2. The maximum atomic E-state index is 13.0. The fourth-order valence-electron chi connectivity index (χ4n) is 2.94. The van der Waals surface area contributed by atoms with Crippen molar-refractivity contribution in [1.82, 2.24) is 4.57 Å². The monoisotopic (exact) mass is 327 g/mol. The average Bonchev–Trinajstić information content (AvgIpc) is 2.90. The third-order valence-electron chi connectivity index (χ3n) is 4.16. The molecule has 0 fully saturated rings. The minimum Gasteiger partial charge on any atom is -0.346 e. The molecule has 0 aliphatic rings. The number of fused-ring (bicyclic) bond motifs is 1. The Bertz CT molecular complexity index is 939. The van der Waals surface area contributed by atoms with E-state index in [1.807, 2.05) is 60.0 Å². The summed E-state index contributed by atoms with van der Waals surface area (Å²) in [6.07, 6.45) is 2.76. The third kappa shape index (κ3) is 3.04. The molecule has 1 aromatic heterocycles. The van der Waals surface area contributed by atoms with Crippen LogP contribution in [0.5, 0.6) is 0 Å². The van der Waals surface area contributed by atoms with Gasteiger partial charge in [0, 0.05) is 23.6 Å². The highest BCUT2D eigenvalue weighted by molar-refractivity contribution is 7.90. The van der Waals surface area contributed by atoms with E-state index in [1.165, 1.54) is 0 Å². The molecule has 0 saturated heterocycles. The van der Waals surface area contributed by atoms with Gasteiger partial charge >= 0.3 is 0 Å². The number of benzene rings is 2. The molecule has 0 N–H and O–H groups in total. The van der Waals surface area contributed by atoms with Crippen LogP contribution in [0.4, 0.5) is 0 Å². The second-order valence-electron chi connectivity index (χ2n) is 5.89. The number of hydrogen-bond acceptors (Lipinski definition) is 2. The molecule has 0 aliphatic heterocycles. The van der Waals surface area contributed by atoms with Gasteiger partial charge in [-0.3, -0.25) is 0 Å². The standard InChI is InChI=1S/C19H21NO2S/c1-3-12-20-13-19(17-10-6-7-11-18(17)20)23(21,22)14-16-9-5-4-8-15(16)2/h4-11,13H,3,12,14H2,1-2H3. The van der Waals surface area contributed by atoms with Gasteiger partial charge in [0.2, 0.25) is 0 Å². The first-order valence-electron chi connectivity index (χ1n) is 7.88. The van der Waals surface area contributed by atoms with Gasteiger partial charge in [-0.2, -0.15) is 0 Å². The highest BCUT2D eigenvalue weighted by Crippen LogP contribution is 2.28. The summed E-state index contributed by atoms with van der Waals surface area (Å²) in [6.45, 7) is 4.86. The zero-order valence-electron chi connectivity index (χ0n) is 13.5. The van der Waals surface area contributed by atoms with Gasteiger partial charge in [0.25, 0.3) is 0 Å². The van der Waals surface area contributed by atoms with Crippen LogP contribution in [0.2, 0.25) is 0 Å². The Labute approximate surface area is 137 Å². The lowest BCUT2D eigenvalue weighted by Gasteiger charge is -2.06. The lowest BCUT2D eigenvalue weighted by molar-refractivity contribution is 0.595. The zero-order chi connectivity index (χ0) is 16.4. The predicted octanol–water partition coefficient (Wildman–Crippen LogP) is 4.33. The normalized spacial score (nSPS) is 11.9. The summed E-state index contributed by atoms with van der Waals surface area (Å²) in [6, 6.07) is 15.4. The van der Waals surface area contributed by atoms with E-state index in [1.54, 1.807) is 6.20 Å². The van der Waals surface area contributed by atoms with E-state index in [0.717, 1.165) is 35.0 Å². The summed E-state index contributed by atoms with van der Waals surface area (Å²) >= 11 is 0. The molecular formula is C19H21NO2S. The number of hydrogen-bond donors (Lipinski definition) is 0. The molecule has 4 heteroatoms. The van der Waals surface area contributed by atoms with Crippen molar-refractivity contribution in [2.45, 2.75) is 37.5 Å². The SMILES string of the molecule is CCCn1cc(S(=O)(=O)Cc2ccccc2C)c2ccccc21. The van der Waals surface area contributed by atoms with Crippen LogP contribution in [0, 0.1) is 6.92 Å². The van der Waals surface area contributed by atoms with Crippen LogP contribution < -0.4 is 0 Å². The summed E-state index contributed by atoms with van der Waals surface area (Å²) in [4.78, 5) is 0.435. The lowest BCUT2D eigenvalue weighted by atomic mass is 10.1. The second kappa shape index (κ2) is 6.20. The Kier molecular flexibility index (Phi) is 4.26. The number of nitrogens with zero attached hydrogens (tertiary/aromatic N) is 1. The molecule has 0 spiro atoms. The minimum atomic E-state index is -3.38. The van der Waals surface area contributed by atoms with Crippen LogP contribution in [-0.4, -0.2) is 13.0 Å². The van der Waals surface area contributed by atoms with Crippen LogP contribution in [-0.2, 0) is 22.1 Å². The first-order valence-corrected chi connectivity index (χ1v) is 9.53. The van der Waals surface area contributed by atoms with Gasteiger partial charge in [-0.05, 0) is 30.5 Å². The van der Waals surface area contributed by atoms with E-state index in [2.05, 4.69) is 6.92 Å². The highest BCUT2D eigenvalue weighted by Gasteiger charge is 2.22. The smallest absolute Gasteiger partial charge is 0.184 e. The van der Waals surface area contributed by atoms with E-state index in [4.69, 9.17) is 0 Å². The molecule has 3 nitrogen and oxygen atoms in total. The Balaban J connectivity index is 2.10. The summed E-state index contributed by atoms with van der Waals surface area (Å²) < 4.78 is 28.0. The van der Waals surface area contributed by atoms with Crippen LogP contribution >= 0.6 is 0 Å². The Morgan fingerprint density at radius 2 is 1.70 bits per heavy atom. The van der Waals surface area contributed by atoms with Crippen molar-refractivity contribution in [3.63, 3.8) is 0 Å². The fourth-order valence-corrected chi connectivity index (χ4v) is 4.63. The summed E-state index contributed by atoms with van der Waals surface area (Å²) in [5, 5.41) is 0.814. The van der Waals surface area contributed by atoms with Gasteiger partial charge in [-0.25, -0.2) is 8.42 Å². The maximum absolute atomic E-state index is 13.0. The van der Waals surface area contributed by atoms with E-state index in [0.29, 0.717) is 4.90 Å². The summed E-state index contributed by atoms with van der Waals surface area (Å²) in [5.41, 5.74) is 2.85. The number of aromatic nitrogens is 1. The molecule has 0 amide bonds. The molecular weight excluding hydrogens is 306 g/mol. The lowest BCUT2D eigenvalue weighted by Crippen LogP contribution is -2.06. The molecule has 2 aromatic carbocycles. The van der Waals surface area contributed by atoms with E-state index >= 15 is 0 Å². The van der Waals surface area contributed by atoms with Crippen molar-refractivity contribution in [1.29, 1.82) is 0 Å². The van der Waals surface area contributed by atoms with Crippen molar-refractivity contribution in [3.05, 3.63) is 65.9 Å². The van der Waals surface area contributed by atoms with Gasteiger partial charge in [-0.1, -0.05) is 49.4 Å². The molecule has 0 radical (unpaired) electrons. The van der Waals surface area contributed by atoms with E-state index < -0.39 is 9.84 Å². The largest absolute Gasteiger partial charge is 0.346 e. The topological polar surface area (TPSA) is 39.1 Å². The number of rotatable bonds is 5. The average molecular weight is 327 g/mol. The Hall–Kier alpha value is -2.07. The van der Waals surface area contributed by atoms with E-state index in [9.17, 15) is 8.42 Å². The molecule has 3 aromatic rings. The quantitative estimate of drug-likeness (QED) is 0.699. The molecule has 0 aliphatic carbocycles. The van der Waals surface area contributed by atoms with Gasteiger partial charge < -0.3 is 4.57 Å². The molecule has 0 atom stereocenters. The molecule has 23 heavy (non-hydrogen) atoms. The third-order valence-corrected chi connectivity index (χ3v) is 5.84. The van der Waals surface area contributed by atoms with Crippen molar-refractivity contribution >= 4 is 20.7 Å². The molecule has 120 valence electrons. The second-order valence-corrected chi connectivity index (χ2v) is 7.85. The Morgan fingerprint density at radius 1 is 1.00 bits per heavy atom. The van der Waals surface area contributed by atoms with Gasteiger partial charge in [0.1, 0.15) is 0 Å². The first-order chi connectivity index (χ1) is 11.0. The summed E-state index contributed by atoms with van der Waals surface area (Å²) in [5.74, 6) is 0.0415. The van der Waals surface area contributed by atoms with Crippen molar-refractivity contribution in [2.75, 3.05) is 0 Å². The van der Waals surface area contributed by atoms with E-state index in [-0.39, 0.29) is 5.75 Å². The van der Waals surface area contributed by atoms with Crippen LogP contribution in [0.3, 0.4) is 0 Å². The van der Waals surface area contributed by atoms with Crippen LogP contribution in [0.1, 0.15) is 24.5 Å². The summed E-state index contributed by atoms with van der Waals surface area (Å²) in [7, 11) is -3.38. The number of sulfone groups is 1. The minimum absolute atomic E-state index is 0.0415. The van der Waals surface area contributed by atoms with Gasteiger partial charge in [-0.15, -0.1) is 0 Å². The zero-order valence-corrected chi connectivity index (χ0v) is 14.3. The van der Waals surface area contributed by atoms with Crippen LogP contribution in [0.25, 0.3) is 10.9 Å². The molecule has 1 heterocycles. The van der Waals surface area contributed by atoms with Crippen LogP contribution in [0.15, 0.2) is 59.6 Å². The van der Waals surface area contributed by atoms with Gasteiger partial charge in [0.15, 0.2) is 9.84 Å². The maximum Gasteiger partial charge on any atom is 0.184 e. The molecule has 0 saturated carbocycles. The Morgan fingerprint density at radius 3 is 2.43 bits per heavy atom. The first kappa shape index (κ1) is 15.8. The highest BCUT2D eigenvalue weighted by atomic mass is 32.2. The van der Waals surface area contributed by atoms with Crippen molar-refractivity contribution in [3.8, 4) is 0 Å². The molecule has 0 unspecified atom stereocenters. The number of para-hydroxylation sites is 1. The predicted molar refractivity (Wildman–Crippen MR) is 94.3 cm³/mol. The molecule has 3 rings (SSSR count). The fraction of sp³-hybridized carbons (Fsp3) is 0.263. The van der Waals surface area contributed by atoms with Gasteiger partial charge in [0.05, 0.1) is 10.6 Å².